The Morgan fingerprint density at radius 3 is 2.50 bits per heavy atom. The summed E-state index contributed by atoms with van der Waals surface area (Å²) in [6.45, 7) is 5.68. The molecular weight excluding hydrogens is 775 g/mol. The number of aromatic hydroxyl groups is 1. The van der Waals surface area contributed by atoms with Gasteiger partial charge >= 0.3 is 12.1 Å². The predicted molar refractivity (Wildman–Crippen MR) is 222 cm³/mol. The van der Waals surface area contributed by atoms with E-state index in [2.05, 4.69) is 16.0 Å². The topological polar surface area (TPSA) is 266 Å². The molecule has 2 amide bonds. The van der Waals surface area contributed by atoms with Gasteiger partial charge in [0, 0.05) is 40.9 Å². The number of carbonyl (C=O) groups is 4. The van der Waals surface area contributed by atoms with Gasteiger partial charge in [-0.2, -0.15) is 0 Å². The molecule has 0 unspecified atom stereocenters. The van der Waals surface area contributed by atoms with Crippen LogP contribution in [0.2, 0.25) is 0 Å². The molecule has 0 saturated heterocycles. The van der Waals surface area contributed by atoms with E-state index in [4.69, 9.17) is 36.1 Å². The highest BCUT2D eigenvalue weighted by atomic mass is 16.7. The molecule has 2 aliphatic rings. The largest absolute Gasteiger partial charge is 0.510 e. The minimum absolute atomic E-state index is 0.0610. The number of ether oxygens (including phenoxy) is 3. The molecule has 0 bridgehead atoms. The molecule has 18 nitrogen and oxygen atoms in total. The number of carbonyl (C=O) groups excluding carboxylic acids is 4. The van der Waals surface area contributed by atoms with Crippen LogP contribution in [0.5, 0.6) is 5.75 Å². The molecular formula is C42H51N9O9. The number of nitrogens with zero attached hydrogens (tertiary/aromatic N) is 3. The number of rotatable bonds is 15. The van der Waals surface area contributed by atoms with Gasteiger partial charge in [-0.15, -0.1) is 0 Å². The lowest BCUT2D eigenvalue weighted by atomic mass is 9.85. The fourth-order valence-electron chi connectivity index (χ4n) is 7.34. The summed E-state index contributed by atoms with van der Waals surface area (Å²) in [6, 6.07) is 11.6. The maximum absolute atomic E-state index is 14.0. The van der Waals surface area contributed by atoms with Crippen molar-refractivity contribution >= 4 is 46.5 Å². The highest BCUT2D eigenvalue weighted by Gasteiger charge is 2.51. The molecule has 0 radical (unpaired) electrons. The molecule has 2 aliphatic heterocycles. The molecule has 0 aliphatic carbocycles. The van der Waals surface area contributed by atoms with Crippen LogP contribution in [-0.4, -0.2) is 82.2 Å². The first kappa shape index (κ1) is 43.1. The van der Waals surface area contributed by atoms with Crippen LogP contribution < -0.4 is 33.0 Å². The third-order valence-corrected chi connectivity index (χ3v) is 10.7. The molecule has 2 aromatic heterocycles. The van der Waals surface area contributed by atoms with Crippen LogP contribution in [0.4, 0.5) is 10.5 Å². The number of nitrogens with one attached hydrogen (secondary N) is 4. The summed E-state index contributed by atoms with van der Waals surface area (Å²) in [6.07, 6.45) is -0.558. The second-order valence-electron chi connectivity index (χ2n) is 15.6. The van der Waals surface area contributed by atoms with E-state index in [0.29, 0.717) is 53.2 Å². The van der Waals surface area contributed by atoms with E-state index < -0.39 is 47.2 Å². The Bertz CT molecular complexity index is 2400. The van der Waals surface area contributed by atoms with E-state index in [0.717, 1.165) is 10.9 Å². The van der Waals surface area contributed by atoms with Gasteiger partial charge in [0.2, 0.25) is 17.4 Å². The monoisotopic (exact) mass is 825 g/mol. The van der Waals surface area contributed by atoms with Gasteiger partial charge in [-0.1, -0.05) is 32.9 Å². The van der Waals surface area contributed by atoms with Crippen molar-refractivity contribution in [1.82, 2.24) is 25.1 Å². The first-order valence-corrected chi connectivity index (χ1v) is 19.7. The third-order valence-electron chi connectivity index (χ3n) is 10.7. The molecule has 60 heavy (non-hydrogen) atoms. The van der Waals surface area contributed by atoms with Crippen molar-refractivity contribution in [2.75, 3.05) is 26.0 Å². The molecule has 4 aromatic rings. The molecule has 3 atom stereocenters. The molecule has 18 heteroatoms. The van der Waals surface area contributed by atoms with Gasteiger partial charge in [-0.25, -0.2) is 14.6 Å². The highest BCUT2D eigenvalue weighted by Crippen LogP contribution is 2.42. The molecule has 0 spiro atoms. The summed E-state index contributed by atoms with van der Waals surface area (Å²) in [5.41, 5.74) is 13.3. The number of anilines is 1. The lowest BCUT2D eigenvalue weighted by molar-refractivity contribution is -0.175. The Labute approximate surface area is 346 Å². The fourth-order valence-corrected chi connectivity index (χ4v) is 7.34. The minimum atomic E-state index is -1.98. The van der Waals surface area contributed by atoms with Crippen LogP contribution in [0, 0.1) is 11.3 Å². The third kappa shape index (κ3) is 8.89. The Balaban J connectivity index is 1.16. The Morgan fingerprint density at radius 1 is 1.10 bits per heavy atom. The highest BCUT2D eigenvalue weighted by molar-refractivity contribution is 5.98. The van der Waals surface area contributed by atoms with Crippen molar-refractivity contribution in [1.29, 1.82) is 5.41 Å². The lowest BCUT2D eigenvalue weighted by Gasteiger charge is -2.35. The number of esters is 1. The van der Waals surface area contributed by atoms with Crippen LogP contribution in [0.3, 0.4) is 0 Å². The van der Waals surface area contributed by atoms with Gasteiger partial charge in [0.05, 0.1) is 35.1 Å². The van der Waals surface area contributed by atoms with Crippen molar-refractivity contribution in [3.63, 3.8) is 0 Å². The number of amides is 2. The SMILES string of the molecule is CC[C@@]1(OC(=O)OCc2ccc(NC(=O)[C@H](CCCNC(=N)N)NC(=O)[C@@H](N)C(C)C)cc2)C(=O)OCc2c1cc1n(c2=O)Cc2cc3c(CN(C)C)c(O)ccc3nc2-1. The van der Waals surface area contributed by atoms with Gasteiger partial charge < -0.3 is 56.2 Å². The van der Waals surface area contributed by atoms with E-state index in [1.807, 2.05) is 25.1 Å². The molecule has 0 fully saturated rings. The summed E-state index contributed by atoms with van der Waals surface area (Å²) < 4.78 is 18.2. The fraction of sp³-hybridized carbons (Fsp3) is 0.405. The summed E-state index contributed by atoms with van der Waals surface area (Å²) in [7, 11) is 3.80. The Hall–Kier alpha value is -6.53. The van der Waals surface area contributed by atoms with Crippen LogP contribution in [0.1, 0.15) is 67.9 Å². The second kappa shape index (κ2) is 17.8. The summed E-state index contributed by atoms with van der Waals surface area (Å²) in [5.74, 6) is -2.01. The van der Waals surface area contributed by atoms with Crippen LogP contribution >= 0.6 is 0 Å². The van der Waals surface area contributed by atoms with E-state index in [9.17, 15) is 29.1 Å². The summed E-state index contributed by atoms with van der Waals surface area (Å²) >= 11 is 0. The summed E-state index contributed by atoms with van der Waals surface area (Å²) in [4.78, 5) is 73.7. The average molecular weight is 826 g/mol. The summed E-state index contributed by atoms with van der Waals surface area (Å²) in [5, 5.41) is 26.9. The predicted octanol–water partition coefficient (Wildman–Crippen LogP) is 2.88. The van der Waals surface area contributed by atoms with Crippen LogP contribution in [0.25, 0.3) is 22.3 Å². The van der Waals surface area contributed by atoms with Gasteiger partial charge in [-0.3, -0.25) is 19.8 Å². The number of hydrogen-bond acceptors (Lipinski definition) is 13. The van der Waals surface area contributed by atoms with Crippen LogP contribution in [-0.2, 0) is 60.5 Å². The number of phenols is 1. The second-order valence-corrected chi connectivity index (χ2v) is 15.6. The lowest BCUT2D eigenvalue weighted by Crippen LogP contribution is -2.51. The first-order chi connectivity index (χ1) is 28.5. The van der Waals surface area contributed by atoms with Crippen molar-refractivity contribution in [2.24, 2.45) is 17.4 Å². The van der Waals surface area contributed by atoms with E-state index in [1.54, 1.807) is 67.8 Å². The normalized spacial score (nSPS) is 16.3. The van der Waals surface area contributed by atoms with Gasteiger partial charge in [0.15, 0.2) is 5.96 Å². The number of hydrogen-bond donors (Lipinski definition) is 7. The number of fused-ring (bicyclic) bond motifs is 5. The van der Waals surface area contributed by atoms with Gasteiger partial charge in [0.25, 0.3) is 5.56 Å². The number of cyclic esters (lactones) is 1. The maximum Gasteiger partial charge on any atom is 0.510 e. The van der Waals surface area contributed by atoms with E-state index >= 15 is 0 Å². The van der Waals surface area contributed by atoms with E-state index in [1.165, 1.54) is 0 Å². The number of pyridine rings is 2. The zero-order valence-corrected chi connectivity index (χ0v) is 34.2. The molecule has 2 aromatic carbocycles. The molecule has 4 heterocycles. The quantitative estimate of drug-likeness (QED) is 0.0347. The molecule has 6 rings (SSSR count). The standard InChI is InChI=1S/C42H51N9O9/c1-6-42(60-41(57)59-20-23-9-11-25(12-10-23)47-36(53)31(8-7-15-46-40(44)45)49-37(54)34(43)22(2)3)29-17-32-35-24(18-51(32)38(55)28(29)21-58-39(42)56)16-26-27(19-50(4)5)33(52)14-13-30(26)48-35/h9-14,16-17,22,31,34,52H,6-8,15,18-21,43H2,1-5H3,(H,47,53)(H,49,54)(H4,44,45,46)/t31-,34-,42-/m0/s1. The Morgan fingerprint density at radius 2 is 1.83 bits per heavy atom. The number of benzene rings is 2. The molecule has 0 saturated carbocycles. The Kier molecular flexibility index (Phi) is 12.7. The average Bonchev–Trinajstić information content (AvgIpc) is 3.57. The van der Waals surface area contributed by atoms with Crippen molar-refractivity contribution in [2.45, 2.75) is 84.0 Å². The van der Waals surface area contributed by atoms with Crippen LogP contribution in [0.15, 0.2) is 53.3 Å². The number of phenolic OH excluding ortho intramolecular Hbond substituents is 1. The molecule has 9 N–H and O–H groups in total. The number of nitrogens with two attached hydrogens (primary N) is 2. The number of guanidine groups is 1. The van der Waals surface area contributed by atoms with Gasteiger partial charge in [0.1, 0.15) is 25.0 Å². The molecule has 318 valence electrons. The first-order valence-electron chi connectivity index (χ1n) is 19.7. The minimum Gasteiger partial charge on any atom is -0.508 e. The smallest absolute Gasteiger partial charge is 0.508 e. The maximum atomic E-state index is 14.0. The van der Waals surface area contributed by atoms with E-state index in [-0.39, 0.29) is 61.4 Å². The number of aromatic nitrogens is 2. The van der Waals surface area contributed by atoms with Crippen molar-refractivity contribution < 1.29 is 38.5 Å². The van der Waals surface area contributed by atoms with Crippen molar-refractivity contribution in [3.8, 4) is 17.1 Å². The zero-order chi connectivity index (χ0) is 43.5. The van der Waals surface area contributed by atoms with Gasteiger partial charge in [-0.05, 0) is 81.2 Å². The zero-order valence-electron chi connectivity index (χ0n) is 34.2. The van der Waals surface area contributed by atoms with Crippen molar-refractivity contribution in [3.05, 3.63) is 86.7 Å².